The first-order valence-corrected chi connectivity index (χ1v) is 5.24. The highest BCUT2D eigenvalue weighted by Gasteiger charge is 2.44. The third kappa shape index (κ3) is 2.38. The summed E-state index contributed by atoms with van der Waals surface area (Å²) >= 11 is 0. The number of halogens is 4. The average Bonchev–Trinajstić information content (AvgIpc) is 2.35. The molecule has 2 rings (SSSR count). The summed E-state index contributed by atoms with van der Waals surface area (Å²) < 4.78 is 50.5. The van der Waals surface area contributed by atoms with Crippen LogP contribution in [0.3, 0.4) is 0 Å². The fraction of sp³-hybridized carbons (Fsp3) is 0.273. The molecule has 0 spiro atoms. The van der Waals surface area contributed by atoms with E-state index in [4.69, 9.17) is 5.21 Å². The molecule has 1 aromatic rings. The Bertz CT molecular complexity index is 554. The topological polar surface area (TPSA) is 52.9 Å². The third-order valence-corrected chi connectivity index (χ3v) is 2.74. The van der Waals surface area contributed by atoms with Gasteiger partial charge in [-0.2, -0.15) is 13.2 Å². The monoisotopic (exact) mass is 276 g/mol. The van der Waals surface area contributed by atoms with Crippen LogP contribution in [0.4, 0.5) is 23.2 Å². The van der Waals surface area contributed by atoms with E-state index in [9.17, 15) is 22.4 Å². The van der Waals surface area contributed by atoms with Crippen LogP contribution in [0.25, 0.3) is 0 Å². The molecule has 1 aliphatic rings. The number of hydrogen-bond acceptors (Lipinski definition) is 3. The van der Waals surface area contributed by atoms with Gasteiger partial charge in [0, 0.05) is 18.5 Å². The Balaban J connectivity index is 2.52. The SMILES string of the molecule is O=C(N1CC/C(=N/O)c2ccc(F)cc21)C(F)(F)F. The van der Waals surface area contributed by atoms with Crippen molar-refractivity contribution in [1.82, 2.24) is 0 Å². The number of amides is 1. The predicted molar refractivity (Wildman–Crippen MR) is 57.7 cm³/mol. The van der Waals surface area contributed by atoms with Crippen molar-refractivity contribution in [3.63, 3.8) is 0 Å². The van der Waals surface area contributed by atoms with E-state index in [0.717, 1.165) is 12.1 Å². The van der Waals surface area contributed by atoms with Gasteiger partial charge in [-0.05, 0) is 18.2 Å². The molecule has 0 aromatic heterocycles. The van der Waals surface area contributed by atoms with Crippen LogP contribution >= 0.6 is 0 Å². The van der Waals surface area contributed by atoms with Crippen LogP contribution in [0.1, 0.15) is 12.0 Å². The lowest BCUT2D eigenvalue weighted by atomic mass is 9.99. The van der Waals surface area contributed by atoms with Crippen molar-refractivity contribution in [1.29, 1.82) is 0 Å². The highest BCUT2D eigenvalue weighted by atomic mass is 19.4. The molecule has 102 valence electrons. The second-order valence-corrected chi connectivity index (χ2v) is 3.91. The van der Waals surface area contributed by atoms with Gasteiger partial charge in [-0.1, -0.05) is 5.16 Å². The second kappa shape index (κ2) is 4.52. The number of fused-ring (bicyclic) bond motifs is 1. The molecule has 0 fully saturated rings. The van der Waals surface area contributed by atoms with Gasteiger partial charge >= 0.3 is 12.1 Å². The van der Waals surface area contributed by atoms with Crippen LogP contribution in [0.5, 0.6) is 0 Å². The van der Waals surface area contributed by atoms with Crippen molar-refractivity contribution in [2.24, 2.45) is 5.16 Å². The van der Waals surface area contributed by atoms with Crippen molar-refractivity contribution in [3.8, 4) is 0 Å². The summed E-state index contributed by atoms with van der Waals surface area (Å²) in [5, 5.41) is 11.7. The van der Waals surface area contributed by atoms with Gasteiger partial charge in [0.15, 0.2) is 0 Å². The van der Waals surface area contributed by atoms with Crippen molar-refractivity contribution >= 4 is 17.3 Å². The number of carbonyl (C=O) groups is 1. The van der Waals surface area contributed by atoms with Gasteiger partial charge in [0.1, 0.15) is 5.82 Å². The zero-order valence-corrected chi connectivity index (χ0v) is 9.41. The first kappa shape index (κ1) is 13.3. The number of anilines is 1. The van der Waals surface area contributed by atoms with E-state index in [-0.39, 0.29) is 29.9 Å². The van der Waals surface area contributed by atoms with Gasteiger partial charge in [0.25, 0.3) is 0 Å². The number of hydrogen-bond donors (Lipinski definition) is 1. The molecule has 1 heterocycles. The fourth-order valence-electron chi connectivity index (χ4n) is 1.91. The van der Waals surface area contributed by atoms with Gasteiger partial charge < -0.3 is 10.1 Å². The summed E-state index contributed by atoms with van der Waals surface area (Å²) in [5.41, 5.74) is -0.0321. The van der Waals surface area contributed by atoms with Crippen LogP contribution in [-0.4, -0.2) is 29.5 Å². The maximum Gasteiger partial charge on any atom is 0.471 e. The Morgan fingerprint density at radius 3 is 2.63 bits per heavy atom. The zero-order valence-electron chi connectivity index (χ0n) is 9.41. The fourth-order valence-corrected chi connectivity index (χ4v) is 1.91. The third-order valence-electron chi connectivity index (χ3n) is 2.74. The summed E-state index contributed by atoms with van der Waals surface area (Å²) in [7, 11) is 0. The predicted octanol–water partition coefficient (Wildman–Crippen LogP) is 2.30. The molecule has 8 heteroatoms. The van der Waals surface area contributed by atoms with E-state index in [0.29, 0.717) is 4.90 Å². The molecule has 1 aromatic carbocycles. The molecule has 1 aliphatic heterocycles. The van der Waals surface area contributed by atoms with Gasteiger partial charge in [-0.3, -0.25) is 4.79 Å². The molecule has 0 atom stereocenters. The lowest BCUT2D eigenvalue weighted by Gasteiger charge is -2.30. The van der Waals surface area contributed by atoms with E-state index >= 15 is 0 Å². The van der Waals surface area contributed by atoms with Gasteiger partial charge in [-0.15, -0.1) is 0 Å². The maximum atomic E-state index is 13.1. The summed E-state index contributed by atoms with van der Waals surface area (Å²) in [5.74, 6) is -2.85. The number of oxime groups is 1. The van der Waals surface area contributed by atoms with E-state index in [2.05, 4.69) is 5.16 Å². The van der Waals surface area contributed by atoms with Crippen molar-refractivity contribution in [3.05, 3.63) is 29.6 Å². The molecule has 0 aliphatic carbocycles. The molecule has 1 amide bonds. The minimum absolute atomic E-state index is 0.0447. The number of carbonyl (C=O) groups excluding carboxylic acids is 1. The van der Waals surface area contributed by atoms with Crippen LogP contribution in [0.2, 0.25) is 0 Å². The molecule has 0 bridgehead atoms. The minimum atomic E-state index is -5.04. The van der Waals surface area contributed by atoms with Gasteiger partial charge in [0.05, 0.1) is 11.4 Å². The Kier molecular flexibility index (Phi) is 3.17. The van der Waals surface area contributed by atoms with Crippen LogP contribution in [0, 0.1) is 5.82 Å². The van der Waals surface area contributed by atoms with E-state index in [1.54, 1.807) is 0 Å². The number of alkyl halides is 3. The molecule has 0 unspecified atom stereocenters. The normalized spacial score (nSPS) is 17.5. The molecule has 0 saturated heterocycles. The summed E-state index contributed by atoms with van der Waals surface area (Å²) in [6.07, 6.45) is -5.09. The van der Waals surface area contributed by atoms with Gasteiger partial charge in [-0.25, -0.2) is 4.39 Å². The van der Waals surface area contributed by atoms with Crippen molar-refractivity contribution < 1.29 is 27.6 Å². The van der Waals surface area contributed by atoms with Crippen molar-refractivity contribution in [2.45, 2.75) is 12.6 Å². The lowest BCUT2D eigenvalue weighted by molar-refractivity contribution is -0.170. The zero-order chi connectivity index (χ0) is 14.2. The molecule has 1 N–H and O–H groups in total. The van der Waals surface area contributed by atoms with E-state index in [1.165, 1.54) is 6.07 Å². The molecular weight excluding hydrogens is 268 g/mol. The maximum absolute atomic E-state index is 13.1. The number of benzene rings is 1. The highest BCUT2D eigenvalue weighted by Crippen LogP contribution is 2.31. The Labute approximate surface area is 104 Å². The Hall–Kier alpha value is -2.12. The molecule has 19 heavy (non-hydrogen) atoms. The number of nitrogens with zero attached hydrogens (tertiary/aromatic N) is 2. The van der Waals surface area contributed by atoms with Crippen LogP contribution < -0.4 is 4.90 Å². The van der Waals surface area contributed by atoms with Crippen LogP contribution in [-0.2, 0) is 4.79 Å². The summed E-state index contributed by atoms with van der Waals surface area (Å²) in [6, 6.07) is 3.00. The smallest absolute Gasteiger partial charge is 0.411 e. The Morgan fingerprint density at radius 2 is 2.05 bits per heavy atom. The molecule has 0 radical (unpaired) electrons. The number of rotatable bonds is 0. The van der Waals surface area contributed by atoms with Crippen LogP contribution in [0.15, 0.2) is 23.4 Å². The first-order chi connectivity index (χ1) is 8.84. The first-order valence-electron chi connectivity index (χ1n) is 5.24. The van der Waals surface area contributed by atoms with E-state index < -0.39 is 17.9 Å². The Morgan fingerprint density at radius 1 is 1.37 bits per heavy atom. The second-order valence-electron chi connectivity index (χ2n) is 3.91. The lowest BCUT2D eigenvalue weighted by Crippen LogP contribution is -2.45. The minimum Gasteiger partial charge on any atom is -0.411 e. The highest BCUT2D eigenvalue weighted by molar-refractivity contribution is 6.11. The largest absolute Gasteiger partial charge is 0.471 e. The quantitative estimate of drug-likeness (QED) is 0.449. The summed E-state index contributed by atoms with van der Waals surface area (Å²) in [6.45, 7) is -0.325. The molecule has 4 nitrogen and oxygen atoms in total. The van der Waals surface area contributed by atoms with Crippen molar-refractivity contribution in [2.75, 3.05) is 11.4 Å². The standard InChI is InChI=1S/C11H8F4N2O2/c12-6-1-2-7-8(16-19)3-4-17(9(7)5-6)10(18)11(13,14)15/h1-2,5,19H,3-4H2/b16-8-. The van der Waals surface area contributed by atoms with E-state index in [1.807, 2.05) is 0 Å². The summed E-state index contributed by atoms with van der Waals surface area (Å²) in [4.78, 5) is 11.7. The van der Waals surface area contributed by atoms with Gasteiger partial charge in [0.2, 0.25) is 0 Å². The molecule has 0 saturated carbocycles. The average molecular weight is 276 g/mol. The molecular formula is C11H8F4N2O2.